The lowest BCUT2D eigenvalue weighted by molar-refractivity contribution is -0.117. The summed E-state index contributed by atoms with van der Waals surface area (Å²) in [7, 11) is 0. The monoisotopic (exact) mass is 435 g/mol. The van der Waals surface area contributed by atoms with Crippen LogP contribution in [0.2, 0.25) is 0 Å². The Morgan fingerprint density at radius 2 is 1.64 bits per heavy atom. The number of aromatic nitrogens is 2. The van der Waals surface area contributed by atoms with Crippen LogP contribution in [0.3, 0.4) is 0 Å². The Balaban J connectivity index is 1.41. The molecule has 5 aromatic rings. The third kappa shape index (κ3) is 3.37. The van der Waals surface area contributed by atoms with Crippen LogP contribution in [0, 0.1) is 5.82 Å². The Hall–Kier alpha value is -3.99. The zero-order valence-electron chi connectivity index (χ0n) is 18.0. The van der Waals surface area contributed by atoms with E-state index in [2.05, 4.69) is 22.8 Å². The Kier molecular flexibility index (Phi) is 4.68. The van der Waals surface area contributed by atoms with E-state index in [-0.39, 0.29) is 17.6 Å². The molecule has 0 unspecified atom stereocenters. The van der Waals surface area contributed by atoms with Crippen LogP contribution in [0.5, 0.6) is 0 Å². The van der Waals surface area contributed by atoms with Gasteiger partial charge in [0.1, 0.15) is 11.6 Å². The van der Waals surface area contributed by atoms with Crippen LogP contribution >= 0.6 is 0 Å². The third-order valence-corrected chi connectivity index (χ3v) is 6.52. The molecule has 0 radical (unpaired) electrons. The van der Waals surface area contributed by atoms with E-state index >= 15 is 0 Å². The van der Waals surface area contributed by atoms with Crippen molar-refractivity contribution >= 4 is 33.4 Å². The molecule has 1 amide bonds. The molecule has 0 saturated carbocycles. The quantitative estimate of drug-likeness (QED) is 0.353. The molecule has 0 spiro atoms. The standard InChI is InChI=1S/C28H22FN3O/c29-23-12-4-2-9-20(23)17-32-26-14-6-5-13-24(26)30-28(32)21-16-27(33)31(18-21)25-15-7-10-19-8-1-3-11-22(19)25/h1-15,21H,16-18H2/t21-/m1/s1. The molecule has 0 bridgehead atoms. The second-order valence-corrected chi connectivity index (χ2v) is 8.54. The summed E-state index contributed by atoms with van der Waals surface area (Å²) >= 11 is 0. The topological polar surface area (TPSA) is 38.1 Å². The third-order valence-electron chi connectivity index (χ3n) is 6.52. The summed E-state index contributed by atoms with van der Waals surface area (Å²) in [5.74, 6) is 0.605. The van der Waals surface area contributed by atoms with Crippen molar-refractivity contribution < 1.29 is 9.18 Å². The predicted molar refractivity (Wildman–Crippen MR) is 129 cm³/mol. The number of rotatable bonds is 4. The van der Waals surface area contributed by atoms with Crippen LogP contribution in [0.4, 0.5) is 10.1 Å². The first-order valence-electron chi connectivity index (χ1n) is 11.2. The molecule has 4 aromatic carbocycles. The minimum Gasteiger partial charge on any atom is -0.323 e. The molecule has 33 heavy (non-hydrogen) atoms. The number of fused-ring (bicyclic) bond motifs is 2. The molecule has 0 aliphatic carbocycles. The van der Waals surface area contributed by atoms with Gasteiger partial charge in [-0.25, -0.2) is 9.37 Å². The number of halogens is 1. The molecule has 1 saturated heterocycles. The number of nitrogens with zero attached hydrogens (tertiary/aromatic N) is 3. The maximum atomic E-state index is 14.5. The number of carbonyl (C=O) groups excluding carboxylic acids is 1. The van der Waals surface area contributed by atoms with Crippen LogP contribution in [-0.2, 0) is 11.3 Å². The lowest BCUT2D eigenvalue weighted by Crippen LogP contribution is -2.24. The van der Waals surface area contributed by atoms with Gasteiger partial charge in [-0.05, 0) is 29.7 Å². The van der Waals surface area contributed by atoms with Crippen LogP contribution in [0.1, 0.15) is 23.7 Å². The van der Waals surface area contributed by atoms with Crippen molar-refractivity contribution in [2.75, 3.05) is 11.4 Å². The molecule has 162 valence electrons. The van der Waals surface area contributed by atoms with E-state index in [9.17, 15) is 9.18 Å². The summed E-state index contributed by atoms with van der Waals surface area (Å²) in [6.45, 7) is 0.926. The second kappa shape index (κ2) is 7.85. The molecule has 1 fully saturated rings. The van der Waals surface area contributed by atoms with Crippen molar-refractivity contribution in [3.63, 3.8) is 0 Å². The van der Waals surface area contributed by atoms with Crippen molar-refractivity contribution in [2.45, 2.75) is 18.9 Å². The normalized spacial score (nSPS) is 16.2. The molecule has 5 heteroatoms. The van der Waals surface area contributed by atoms with Crippen molar-refractivity contribution in [2.24, 2.45) is 0 Å². The number of amides is 1. The van der Waals surface area contributed by atoms with Gasteiger partial charge in [0.15, 0.2) is 0 Å². The number of hydrogen-bond acceptors (Lipinski definition) is 2. The lowest BCUT2D eigenvalue weighted by atomic mass is 10.1. The molecular weight excluding hydrogens is 413 g/mol. The maximum Gasteiger partial charge on any atom is 0.227 e. The molecule has 0 N–H and O–H groups in total. The summed E-state index contributed by atoms with van der Waals surface area (Å²) in [6.07, 6.45) is 0.379. The van der Waals surface area contributed by atoms with Gasteiger partial charge in [0.05, 0.1) is 23.3 Å². The molecular formula is C28H22FN3O. The summed E-state index contributed by atoms with van der Waals surface area (Å²) < 4.78 is 16.6. The zero-order chi connectivity index (χ0) is 22.4. The minimum atomic E-state index is -0.235. The molecule has 6 rings (SSSR count). The average Bonchev–Trinajstić information content (AvgIpc) is 3.40. The van der Waals surface area contributed by atoms with Gasteiger partial charge in [0.25, 0.3) is 0 Å². The van der Waals surface area contributed by atoms with E-state index < -0.39 is 0 Å². The smallest absolute Gasteiger partial charge is 0.227 e. The van der Waals surface area contributed by atoms with Crippen LogP contribution in [0.25, 0.3) is 21.8 Å². The van der Waals surface area contributed by atoms with E-state index in [1.807, 2.05) is 59.5 Å². The highest BCUT2D eigenvalue weighted by atomic mass is 19.1. The number of benzene rings is 4. The number of anilines is 1. The SMILES string of the molecule is O=C1C[C@@H](c2nc3ccccc3n2Cc2ccccc2F)CN1c1cccc2ccccc12. The summed E-state index contributed by atoms with van der Waals surface area (Å²) in [5, 5.41) is 2.17. The van der Waals surface area contributed by atoms with Gasteiger partial charge in [-0.1, -0.05) is 66.7 Å². The second-order valence-electron chi connectivity index (χ2n) is 8.54. The number of carbonyl (C=O) groups is 1. The van der Waals surface area contributed by atoms with Gasteiger partial charge in [0, 0.05) is 29.8 Å². The summed E-state index contributed by atoms with van der Waals surface area (Å²) in [5.41, 5.74) is 3.35. The van der Waals surface area contributed by atoms with E-state index in [0.29, 0.717) is 25.1 Å². The van der Waals surface area contributed by atoms with Gasteiger partial charge >= 0.3 is 0 Å². The van der Waals surface area contributed by atoms with Crippen molar-refractivity contribution in [1.29, 1.82) is 0 Å². The first-order valence-corrected chi connectivity index (χ1v) is 11.2. The van der Waals surface area contributed by atoms with Gasteiger partial charge < -0.3 is 9.47 Å². The highest BCUT2D eigenvalue weighted by molar-refractivity contribution is 6.05. The number of hydrogen-bond donors (Lipinski definition) is 0. The van der Waals surface area contributed by atoms with E-state index in [4.69, 9.17) is 4.98 Å². The van der Waals surface area contributed by atoms with E-state index in [1.54, 1.807) is 12.1 Å². The fraction of sp³-hybridized carbons (Fsp3) is 0.143. The molecule has 1 aliphatic heterocycles. The molecule has 1 aromatic heterocycles. The van der Waals surface area contributed by atoms with Crippen molar-refractivity contribution in [3.05, 3.63) is 108 Å². The Morgan fingerprint density at radius 1 is 0.879 bits per heavy atom. The predicted octanol–water partition coefficient (Wildman–Crippen LogP) is 5.90. The molecule has 4 nitrogen and oxygen atoms in total. The highest BCUT2D eigenvalue weighted by Gasteiger charge is 2.35. The number of imidazole rings is 1. The Labute approximate surface area is 190 Å². The molecule has 1 atom stereocenters. The summed E-state index contributed by atoms with van der Waals surface area (Å²) in [4.78, 5) is 20.0. The van der Waals surface area contributed by atoms with Gasteiger partial charge in [-0.2, -0.15) is 0 Å². The summed E-state index contributed by atoms with van der Waals surface area (Å²) in [6, 6.07) is 28.9. The van der Waals surface area contributed by atoms with E-state index in [0.717, 1.165) is 33.3 Å². The number of para-hydroxylation sites is 2. The lowest BCUT2D eigenvalue weighted by Gasteiger charge is -2.19. The van der Waals surface area contributed by atoms with Gasteiger partial charge in [0.2, 0.25) is 5.91 Å². The minimum absolute atomic E-state index is 0.0735. The highest BCUT2D eigenvalue weighted by Crippen LogP contribution is 2.36. The Morgan fingerprint density at radius 3 is 2.55 bits per heavy atom. The first-order chi connectivity index (χ1) is 16.2. The largest absolute Gasteiger partial charge is 0.323 e. The fourth-order valence-electron chi connectivity index (χ4n) is 4.93. The van der Waals surface area contributed by atoms with Gasteiger partial charge in [-0.3, -0.25) is 4.79 Å². The van der Waals surface area contributed by atoms with Crippen LogP contribution < -0.4 is 4.90 Å². The van der Waals surface area contributed by atoms with Gasteiger partial charge in [-0.15, -0.1) is 0 Å². The average molecular weight is 436 g/mol. The Bertz CT molecular complexity index is 1500. The molecule has 1 aliphatic rings. The first kappa shape index (κ1) is 19.7. The molecule has 2 heterocycles. The van der Waals surface area contributed by atoms with E-state index in [1.165, 1.54) is 6.07 Å². The van der Waals surface area contributed by atoms with Crippen molar-refractivity contribution in [3.8, 4) is 0 Å². The van der Waals surface area contributed by atoms with Crippen LogP contribution in [-0.4, -0.2) is 22.0 Å². The van der Waals surface area contributed by atoms with Crippen LogP contribution in [0.15, 0.2) is 91.0 Å². The fourth-order valence-corrected chi connectivity index (χ4v) is 4.93. The van der Waals surface area contributed by atoms with Crippen molar-refractivity contribution in [1.82, 2.24) is 9.55 Å². The maximum absolute atomic E-state index is 14.5. The zero-order valence-corrected chi connectivity index (χ0v) is 18.0.